The molecule has 0 aliphatic carbocycles. The van der Waals surface area contributed by atoms with Gasteiger partial charge in [0.2, 0.25) is 5.91 Å². The van der Waals surface area contributed by atoms with Crippen LogP contribution in [0.25, 0.3) is 0 Å². The van der Waals surface area contributed by atoms with Crippen LogP contribution in [0.4, 0.5) is 4.79 Å². The first-order chi connectivity index (χ1) is 12.1. The van der Waals surface area contributed by atoms with Gasteiger partial charge in [-0.25, -0.2) is 14.1 Å². The molecule has 2 rings (SSSR count). The van der Waals surface area contributed by atoms with Gasteiger partial charge in [0.05, 0.1) is 33.1 Å². The fourth-order valence-corrected chi connectivity index (χ4v) is 5.15. The lowest BCUT2D eigenvalue weighted by atomic mass is 10.0. The van der Waals surface area contributed by atoms with Gasteiger partial charge in [0.25, 0.3) is 0 Å². The molecule has 2 heterocycles. The van der Waals surface area contributed by atoms with Crippen molar-refractivity contribution < 1.29 is 18.9 Å². The Bertz CT molecular complexity index is 569. The third-order valence-electron chi connectivity index (χ3n) is 6.20. The Morgan fingerprint density at radius 1 is 1.31 bits per heavy atom. The summed E-state index contributed by atoms with van der Waals surface area (Å²) in [6.07, 6.45) is 3.91. The molecule has 0 saturated carbocycles. The monoisotopic (exact) mass is 385 g/mol. The minimum atomic E-state index is -0.600. The molecular formula is C18H33N4O3S+. The maximum atomic E-state index is 12.4. The molecule has 0 radical (unpaired) electrons. The lowest BCUT2D eigenvalue weighted by molar-refractivity contribution is -0.870. The standard InChI is InChI=1S/C18H32N4O3S/c1-6-18(3,22(4,5)12(2)23)21-15(24)10-8-7-9-14-16-13(11-26-14)19-17(25)20-16/h13-14,16H,6-11H2,1-5H3,(H2-,19,20,21,24,25)/p+1. The molecule has 0 aromatic carbocycles. The highest BCUT2D eigenvalue weighted by molar-refractivity contribution is 8.00. The van der Waals surface area contributed by atoms with Gasteiger partial charge >= 0.3 is 11.9 Å². The van der Waals surface area contributed by atoms with Crippen LogP contribution in [0.5, 0.6) is 0 Å². The molecule has 3 N–H and O–H groups in total. The Hall–Kier alpha value is -1.28. The number of fused-ring (bicyclic) bond motifs is 1. The Morgan fingerprint density at radius 3 is 2.62 bits per heavy atom. The Balaban J connectivity index is 1.75. The van der Waals surface area contributed by atoms with Crippen LogP contribution < -0.4 is 16.0 Å². The summed E-state index contributed by atoms with van der Waals surface area (Å²) < 4.78 is 0.129. The molecule has 2 aliphatic heterocycles. The summed E-state index contributed by atoms with van der Waals surface area (Å²) in [4.78, 5) is 35.8. The van der Waals surface area contributed by atoms with Crippen molar-refractivity contribution in [2.75, 3.05) is 19.8 Å². The van der Waals surface area contributed by atoms with Gasteiger partial charge in [0.1, 0.15) is 0 Å². The topological polar surface area (TPSA) is 87.3 Å². The van der Waals surface area contributed by atoms with Gasteiger partial charge in [-0.1, -0.05) is 13.3 Å². The van der Waals surface area contributed by atoms with Gasteiger partial charge in [-0.05, 0) is 12.8 Å². The number of nitrogens with zero attached hydrogens (tertiary/aromatic N) is 1. The Kier molecular flexibility index (Phi) is 6.60. The van der Waals surface area contributed by atoms with E-state index in [9.17, 15) is 14.4 Å². The van der Waals surface area contributed by atoms with Crippen LogP contribution >= 0.6 is 11.8 Å². The van der Waals surface area contributed by atoms with Gasteiger partial charge < -0.3 is 16.0 Å². The van der Waals surface area contributed by atoms with Gasteiger partial charge in [-0.15, -0.1) is 0 Å². The van der Waals surface area contributed by atoms with Crippen LogP contribution in [0.1, 0.15) is 52.9 Å². The molecule has 0 spiro atoms. The summed E-state index contributed by atoms with van der Waals surface area (Å²) in [6.45, 7) is 5.47. The number of rotatable bonds is 8. The maximum Gasteiger partial charge on any atom is 0.315 e. The van der Waals surface area contributed by atoms with E-state index in [1.807, 2.05) is 39.7 Å². The lowest BCUT2D eigenvalue weighted by Crippen LogP contribution is -2.68. The van der Waals surface area contributed by atoms with Crippen LogP contribution in [-0.4, -0.2) is 65.2 Å². The fraction of sp³-hybridized carbons (Fsp3) is 0.833. The molecule has 4 unspecified atom stereocenters. The van der Waals surface area contributed by atoms with E-state index < -0.39 is 5.66 Å². The fourth-order valence-electron chi connectivity index (χ4n) is 3.61. The first-order valence-corrected chi connectivity index (χ1v) is 10.5. The lowest BCUT2D eigenvalue weighted by Gasteiger charge is -2.43. The van der Waals surface area contributed by atoms with E-state index in [1.165, 1.54) is 0 Å². The van der Waals surface area contributed by atoms with E-state index in [-0.39, 0.29) is 34.4 Å². The van der Waals surface area contributed by atoms with E-state index >= 15 is 0 Å². The van der Waals surface area contributed by atoms with E-state index in [0.717, 1.165) is 25.0 Å². The van der Waals surface area contributed by atoms with Gasteiger partial charge in [0.15, 0.2) is 5.66 Å². The maximum absolute atomic E-state index is 12.4. The minimum Gasteiger partial charge on any atom is -0.332 e. The number of carbonyl (C=O) groups excluding carboxylic acids is 3. The molecule has 7 nitrogen and oxygen atoms in total. The molecule has 2 fully saturated rings. The number of thioether (sulfide) groups is 1. The number of urea groups is 1. The molecule has 4 atom stereocenters. The van der Waals surface area contributed by atoms with Crippen LogP contribution in [0.2, 0.25) is 0 Å². The average Bonchev–Trinajstić information content (AvgIpc) is 3.10. The van der Waals surface area contributed by atoms with Gasteiger partial charge in [-0.3, -0.25) is 4.79 Å². The summed E-state index contributed by atoms with van der Waals surface area (Å²) in [6, 6.07) is 0.408. The molecule has 2 saturated heterocycles. The van der Waals surface area contributed by atoms with Crippen molar-refractivity contribution in [3.05, 3.63) is 0 Å². The molecule has 0 bridgehead atoms. The smallest absolute Gasteiger partial charge is 0.315 e. The zero-order chi connectivity index (χ0) is 19.5. The molecule has 8 heteroatoms. The first-order valence-electron chi connectivity index (χ1n) is 9.45. The van der Waals surface area contributed by atoms with Crippen LogP contribution in [0.15, 0.2) is 0 Å². The summed E-state index contributed by atoms with van der Waals surface area (Å²) in [5.41, 5.74) is -0.600. The quantitative estimate of drug-likeness (QED) is 0.256. The number of quaternary nitrogens is 1. The Labute approximate surface area is 160 Å². The van der Waals surface area contributed by atoms with E-state index in [2.05, 4.69) is 16.0 Å². The third-order valence-corrected chi connectivity index (χ3v) is 7.71. The molecule has 26 heavy (non-hydrogen) atoms. The minimum absolute atomic E-state index is 0.00501. The zero-order valence-corrected chi connectivity index (χ0v) is 17.4. The van der Waals surface area contributed by atoms with Gasteiger partial charge in [-0.2, -0.15) is 11.8 Å². The highest BCUT2D eigenvalue weighted by atomic mass is 32.2. The molecular weight excluding hydrogens is 352 g/mol. The first kappa shape index (κ1) is 21.0. The van der Waals surface area contributed by atoms with Crippen molar-refractivity contribution in [2.45, 2.75) is 75.9 Å². The summed E-state index contributed by atoms with van der Waals surface area (Å²) in [5.74, 6) is 0.978. The van der Waals surface area contributed by atoms with Crippen molar-refractivity contribution >= 4 is 29.6 Å². The summed E-state index contributed by atoms with van der Waals surface area (Å²) in [5, 5.41) is 9.45. The summed E-state index contributed by atoms with van der Waals surface area (Å²) >= 11 is 1.90. The Morgan fingerprint density at radius 2 is 2.00 bits per heavy atom. The number of hydrogen-bond donors (Lipinski definition) is 3. The predicted octanol–water partition coefficient (Wildman–Crippen LogP) is 1.58. The molecule has 148 valence electrons. The van der Waals surface area contributed by atoms with E-state index in [4.69, 9.17) is 0 Å². The number of hydrogen-bond acceptors (Lipinski definition) is 4. The molecule has 0 aromatic rings. The van der Waals surface area contributed by atoms with Crippen LogP contribution in [0, 0.1) is 0 Å². The number of nitrogens with one attached hydrogen (secondary N) is 3. The van der Waals surface area contributed by atoms with Crippen LogP contribution in [-0.2, 0) is 9.59 Å². The predicted molar refractivity (Wildman–Crippen MR) is 104 cm³/mol. The highest BCUT2D eigenvalue weighted by Gasteiger charge is 2.45. The largest absolute Gasteiger partial charge is 0.332 e. The number of carbonyl (C=O) groups is 3. The second kappa shape index (κ2) is 8.17. The van der Waals surface area contributed by atoms with Crippen molar-refractivity contribution in [3.8, 4) is 0 Å². The number of unbranched alkanes of at least 4 members (excludes halogenated alkanes) is 1. The van der Waals surface area contributed by atoms with Gasteiger partial charge in [0, 0.05) is 30.8 Å². The second-order valence-electron chi connectivity index (χ2n) is 8.02. The zero-order valence-electron chi connectivity index (χ0n) is 16.6. The normalized spacial score (nSPS) is 27.3. The highest BCUT2D eigenvalue weighted by Crippen LogP contribution is 2.33. The number of amides is 4. The molecule has 0 aromatic heterocycles. The second-order valence-corrected chi connectivity index (χ2v) is 9.29. The molecule has 4 amide bonds. The van der Waals surface area contributed by atoms with Crippen LogP contribution in [0.3, 0.4) is 0 Å². The molecule has 2 aliphatic rings. The SMILES string of the molecule is CCC(C)(NC(=O)CCCCC1SCC2NC(=O)NC21)[N+](C)(C)C(C)=O. The van der Waals surface area contributed by atoms with Crippen molar-refractivity contribution in [1.29, 1.82) is 0 Å². The average molecular weight is 386 g/mol. The van der Waals surface area contributed by atoms with Crippen molar-refractivity contribution in [3.63, 3.8) is 0 Å². The van der Waals surface area contributed by atoms with E-state index in [0.29, 0.717) is 18.1 Å². The van der Waals surface area contributed by atoms with Crippen molar-refractivity contribution in [2.24, 2.45) is 0 Å². The van der Waals surface area contributed by atoms with Crippen molar-refractivity contribution in [1.82, 2.24) is 16.0 Å². The van der Waals surface area contributed by atoms with E-state index in [1.54, 1.807) is 6.92 Å². The summed E-state index contributed by atoms with van der Waals surface area (Å²) in [7, 11) is 3.67. The third kappa shape index (κ3) is 4.34.